The molecule has 6 nitrogen and oxygen atoms in total. The summed E-state index contributed by atoms with van der Waals surface area (Å²) in [5.41, 5.74) is 3.94. The van der Waals surface area contributed by atoms with Crippen LogP contribution in [-0.2, 0) is 12.8 Å². The van der Waals surface area contributed by atoms with Crippen LogP contribution in [-0.4, -0.2) is 17.7 Å². The minimum absolute atomic E-state index is 0.341. The Labute approximate surface area is 205 Å². The van der Waals surface area contributed by atoms with E-state index >= 15 is 0 Å². The van der Waals surface area contributed by atoms with Gasteiger partial charge in [-0.05, 0) is 72.7 Å². The van der Waals surface area contributed by atoms with Crippen molar-refractivity contribution in [2.45, 2.75) is 26.2 Å². The van der Waals surface area contributed by atoms with Crippen LogP contribution in [0.4, 0.5) is 10.7 Å². The molecule has 0 saturated carbocycles. The molecule has 2 aliphatic rings. The van der Waals surface area contributed by atoms with Crippen LogP contribution < -0.4 is 10.2 Å². The highest BCUT2D eigenvalue weighted by atomic mass is 32.1. The van der Waals surface area contributed by atoms with E-state index in [0.29, 0.717) is 42.7 Å². The van der Waals surface area contributed by atoms with Crippen molar-refractivity contribution >= 4 is 52.0 Å². The average molecular weight is 486 g/mol. The van der Waals surface area contributed by atoms with Gasteiger partial charge in [0.05, 0.1) is 26.2 Å². The van der Waals surface area contributed by atoms with E-state index in [-0.39, 0.29) is 17.7 Å². The topological polar surface area (TPSA) is 90.3 Å². The van der Waals surface area contributed by atoms with Crippen LogP contribution in [0, 0.1) is 21.1 Å². The van der Waals surface area contributed by atoms with Gasteiger partial charge in [-0.2, -0.15) is 5.26 Å². The predicted molar refractivity (Wildman–Crippen MR) is 133 cm³/mol. The van der Waals surface area contributed by atoms with E-state index in [1.807, 2.05) is 0 Å². The summed E-state index contributed by atoms with van der Waals surface area (Å²) < 4.78 is 0.705. The summed E-state index contributed by atoms with van der Waals surface area (Å²) >= 11 is 6.82. The van der Waals surface area contributed by atoms with Crippen LogP contribution in [0.1, 0.15) is 61.1 Å². The molecule has 3 amide bonds. The zero-order valence-corrected chi connectivity index (χ0v) is 19.9. The molecule has 0 radical (unpaired) electrons. The summed E-state index contributed by atoms with van der Waals surface area (Å²) in [6.07, 6.45) is 2.61. The molecule has 1 aromatic heterocycles. The first-order valence-corrected chi connectivity index (χ1v) is 12.1. The molecule has 34 heavy (non-hydrogen) atoms. The van der Waals surface area contributed by atoms with E-state index in [1.165, 1.54) is 11.3 Å². The Kier molecular flexibility index (Phi) is 5.60. The van der Waals surface area contributed by atoms with E-state index in [0.717, 1.165) is 35.3 Å². The lowest BCUT2D eigenvalue weighted by molar-refractivity contribution is 0.0925. The number of anilines is 2. The Bertz CT molecular complexity index is 1430. The summed E-state index contributed by atoms with van der Waals surface area (Å²) in [7, 11) is 0. The Morgan fingerprint density at radius 1 is 1.09 bits per heavy atom. The molecule has 0 bridgehead atoms. The van der Waals surface area contributed by atoms with Crippen LogP contribution >= 0.6 is 23.6 Å². The van der Waals surface area contributed by atoms with E-state index in [2.05, 4.69) is 18.3 Å². The molecule has 3 aromatic rings. The Hall–Kier alpha value is -3.67. The largest absolute Gasteiger partial charge is 0.312 e. The number of carbonyl (C=O) groups is 3. The molecule has 5 rings (SSSR count). The van der Waals surface area contributed by atoms with Crippen molar-refractivity contribution in [2.75, 3.05) is 10.2 Å². The maximum atomic E-state index is 13.0. The van der Waals surface area contributed by atoms with Crippen molar-refractivity contribution in [2.24, 2.45) is 5.92 Å². The molecule has 0 saturated heterocycles. The predicted octanol–water partition coefficient (Wildman–Crippen LogP) is 5.53. The van der Waals surface area contributed by atoms with E-state index in [4.69, 9.17) is 12.2 Å². The highest BCUT2D eigenvalue weighted by Crippen LogP contribution is 2.36. The first-order chi connectivity index (χ1) is 16.4. The summed E-state index contributed by atoms with van der Waals surface area (Å²) in [6.45, 7) is 2.18. The quantitative estimate of drug-likeness (QED) is 0.389. The molecule has 1 aliphatic heterocycles. The lowest BCUT2D eigenvalue weighted by Gasteiger charge is -2.23. The fraction of sp³-hybridized carbons (Fsp3) is 0.192. The molecule has 0 spiro atoms. The van der Waals surface area contributed by atoms with Gasteiger partial charge in [0.1, 0.15) is 11.1 Å². The van der Waals surface area contributed by atoms with E-state index in [9.17, 15) is 19.6 Å². The number of carbonyl (C=O) groups excluding carboxylic acids is 3. The average Bonchev–Trinajstić information content (AvgIpc) is 3.10. The molecule has 1 unspecified atom stereocenters. The van der Waals surface area contributed by atoms with Gasteiger partial charge in [0.15, 0.2) is 0 Å². The van der Waals surface area contributed by atoms with Gasteiger partial charge in [-0.1, -0.05) is 31.3 Å². The molecular formula is C26H19N3O3S2. The van der Waals surface area contributed by atoms with Gasteiger partial charge in [0, 0.05) is 5.56 Å². The summed E-state index contributed by atoms with van der Waals surface area (Å²) in [5.74, 6) is -0.645. The lowest BCUT2D eigenvalue weighted by atomic mass is 9.85. The smallest absolute Gasteiger partial charge is 0.266 e. The van der Waals surface area contributed by atoms with Gasteiger partial charge in [-0.15, -0.1) is 11.3 Å². The third kappa shape index (κ3) is 3.63. The number of imide groups is 1. The summed E-state index contributed by atoms with van der Waals surface area (Å²) in [5, 5.41) is 13.1. The molecule has 2 heterocycles. The molecule has 0 fully saturated rings. The van der Waals surface area contributed by atoms with Gasteiger partial charge < -0.3 is 5.32 Å². The molecule has 8 heteroatoms. The number of amides is 3. The lowest BCUT2D eigenvalue weighted by Crippen LogP contribution is -2.29. The van der Waals surface area contributed by atoms with Crippen molar-refractivity contribution in [3.05, 3.63) is 85.7 Å². The van der Waals surface area contributed by atoms with Crippen molar-refractivity contribution < 1.29 is 14.4 Å². The second-order valence-electron chi connectivity index (χ2n) is 8.50. The fourth-order valence-corrected chi connectivity index (χ4v) is 5.89. The number of nitriles is 1. The maximum Gasteiger partial charge on any atom is 0.266 e. The number of rotatable bonds is 3. The zero-order chi connectivity index (χ0) is 24.0. The maximum absolute atomic E-state index is 13.0. The first kappa shape index (κ1) is 22.1. The number of hydrogen-bond acceptors (Lipinski definition) is 6. The normalized spacial score (nSPS) is 16.6. The van der Waals surface area contributed by atoms with Gasteiger partial charge >= 0.3 is 0 Å². The molecule has 1 N–H and O–H groups in total. The number of hydrogen-bond donors (Lipinski definition) is 1. The molecule has 2 aromatic carbocycles. The number of nitrogens with one attached hydrogen (secondary N) is 1. The molecule has 1 aliphatic carbocycles. The third-order valence-corrected chi connectivity index (χ3v) is 7.73. The second kappa shape index (κ2) is 8.60. The Balaban J connectivity index is 1.40. The van der Waals surface area contributed by atoms with Crippen molar-refractivity contribution in [1.29, 1.82) is 5.26 Å². The minimum Gasteiger partial charge on any atom is -0.312 e. The molecule has 168 valence electrons. The molecular weight excluding hydrogens is 466 g/mol. The number of fused-ring (bicyclic) bond motifs is 2. The fourth-order valence-electron chi connectivity index (χ4n) is 4.51. The van der Waals surface area contributed by atoms with Crippen LogP contribution in [0.2, 0.25) is 0 Å². The van der Waals surface area contributed by atoms with E-state index in [1.54, 1.807) is 48.5 Å². The standard InChI is InChI=1S/C26H19N3O3S2/c1-14-6-11-17-20(12-14)26(33)34-23(21(17)13-27)28-22(30)15-7-9-16(10-8-15)29-24(31)18-4-2-3-5-19(18)25(29)32/h2-5,7-10,14H,6,11-12H2,1H3,(H,28,30). The summed E-state index contributed by atoms with van der Waals surface area (Å²) in [4.78, 5) is 39.5. The number of nitrogens with zero attached hydrogens (tertiary/aromatic N) is 2. The van der Waals surface area contributed by atoms with Crippen LogP contribution in [0.5, 0.6) is 0 Å². The summed E-state index contributed by atoms with van der Waals surface area (Å²) in [6, 6.07) is 15.2. The van der Waals surface area contributed by atoms with Crippen molar-refractivity contribution in [3.63, 3.8) is 0 Å². The van der Waals surface area contributed by atoms with Gasteiger partial charge in [-0.25, -0.2) is 4.90 Å². The monoisotopic (exact) mass is 485 g/mol. The zero-order valence-electron chi connectivity index (χ0n) is 18.3. The number of benzene rings is 2. The Morgan fingerprint density at radius 3 is 2.35 bits per heavy atom. The van der Waals surface area contributed by atoms with E-state index < -0.39 is 0 Å². The van der Waals surface area contributed by atoms with Crippen LogP contribution in [0.3, 0.4) is 0 Å². The van der Waals surface area contributed by atoms with Gasteiger partial charge in [-0.3, -0.25) is 14.4 Å². The van der Waals surface area contributed by atoms with Crippen LogP contribution in [0.25, 0.3) is 0 Å². The first-order valence-electron chi connectivity index (χ1n) is 10.9. The minimum atomic E-state index is -0.389. The SMILES string of the molecule is CC1CCc2c(C#N)c(NC(=O)c3ccc(N4C(=O)c5ccccc5C4=O)cc3)sc(=S)c2C1. The van der Waals surface area contributed by atoms with Crippen molar-refractivity contribution in [1.82, 2.24) is 0 Å². The second-order valence-corrected chi connectivity index (χ2v) is 10.2. The Morgan fingerprint density at radius 2 is 1.74 bits per heavy atom. The van der Waals surface area contributed by atoms with Crippen LogP contribution in [0.15, 0.2) is 48.5 Å². The molecule has 1 atom stereocenters. The third-order valence-electron chi connectivity index (χ3n) is 6.29. The van der Waals surface area contributed by atoms with Gasteiger partial charge in [0.2, 0.25) is 0 Å². The highest BCUT2D eigenvalue weighted by molar-refractivity contribution is 7.73. The van der Waals surface area contributed by atoms with Gasteiger partial charge in [0.25, 0.3) is 17.7 Å². The highest BCUT2D eigenvalue weighted by Gasteiger charge is 2.36. The van der Waals surface area contributed by atoms with Crippen molar-refractivity contribution in [3.8, 4) is 6.07 Å².